The van der Waals surface area contributed by atoms with E-state index in [4.69, 9.17) is 4.42 Å². The number of aryl methyl sites for hydroxylation is 1. The van der Waals surface area contributed by atoms with Crippen LogP contribution < -0.4 is 10.5 Å². The molecule has 0 amide bonds. The summed E-state index contributed by atoms with van der Waals surface area (Å²) in [6, 6.07) is 9.28. The molecule has 3 aromatic heterocycles. The quantitative estimate of drug-likeness (QED) is 0.771. The number of fused-ring (bicyclic) bond motifs is 1. The molecule has 1 atom stereocenters. The third-order valence-electron chi connectivity index (χ3n) is 3.40. The van der Waals surface area contributed by atoms with Gasteiger partial charge in [0.1, 0.15) is 24.4 Å². The first-order valence-corrected chi connectivity index (χ1v) is 6.94. The molecule has 0 aliphatic heterocycles. The molecule has 1 unspecified atom stereocenters. The summed E-state index contributed by atoms with van der Waals surface area (Å²) < 4.78 is 6.93. The Morgan fingerprint density at radius 3 is 2.90 bits per heavy atom. The van der Waals surface area contributed by atoms with Gasteiger partial charge in [-0.05, 0) is 30.7 Å². The zero-order chi connectivity index (χ0) is 14.8. The van der Waals surface area contributed by atoms with Gasteiger partial charge in [0.2, 0.25) is 0 Å². The Morgan fingerprint density at radius 1 is 1.29 bits per heavy atom. The third-order valence-corrected chi connectivity index (χ3v) is 3.40. The summed E-state index contributed by atoms with van der Waals surface area (Å²) in [7, 11) is 2.06. The zero-order valence-electron chi connectivity index (χ0n) is 12.2. The molecule has 108 valence electrons. The van der Waals surface area contributed by atoms with Crippen molar-refractivity contribution in [2.24, 2.45) is 0 Å². The van der Waals surface area contributed by atoms with E-state index in [0.29, 0.717) is 12.2 Å². The molecule has 0 saturated heterocycles. The molecule has 0 aliphatic rings. The van der Waals surface area contributed by atoms with Crippen molar-refractivity contribution in [2.75, 3.05) is 7.05 Å². The van der Waals surface area contributed by atoms with Crippen LogP contribution in [0.2, 0.25) is 0 Å². The molecule has 0 aliphatic carbocycles. The van der Waals surface area contributed by atoms with Crippen LogP contribution >= 0.6 is 0 Å². The number of hydrogen-bond donors (Lipinski definition) is 1. The second-order valence-electron chi connectivity index (χ2n) is 5.41. The van der Waals surface area contributed by atoms with Crippen LogP contribution in [0.3, 0.4) is 0 Å². The lowest BCUT2D eigenvalue weighted by Gasteiger charge is -2.12. The predicted octanol–water partition coefficient (Wildman–Crippen LogP) is 0.811. The van der Waals surface area contributed by atoms with Gasteiger partial charge in [-0.2, -0.15) is 0 Å². The van der Waals surface area contributed by atoms with E-state index in [1.807, 2.05) is 37.4 Å². The van der Waals surface area contributed by atoms with Crippen LogP contribution in [0.4, 0.5) is 0 Å². The molecule has 0 saturated carbocycles. The molecule has 3 aromatic rings. The number of furan rings is 1. The maximum absolute atomic E-state index is 12.1. The van der Waals surface area contributed by atoms with Gasteiger partial charge in [0.05, 0.1) is 13.3 Å². The van der Waals surface area contributed by atoms with Crippen LogP contribution in [0.15, 0.2) is 52.0 Å². The molecule has 3 rings (SSSR count). The lowest BCUT2D eigenvalue weighted by molar-refractivity contribution is -0.909. The standard InChI is InChI=1S/C16H17N3O2/c1-12-5-6-15-17-13(8-16(20)19(15)9-12)10-18(2)11-14-4-3-7-21-14/h3-9H,10-11H2,1-2H3/p+1. The van der Waals surface area contributed by atoms with E-state index >= 15 is 0 Å². The largest absolute Gasteiger partial charge is 0.463 e. The molecular weight excluding hydrogens is 266 g/mol. The Morgan fingerprint density at radius 2 is 2.14 bits per heavy atom. The highest BCUT2D eigenvalue weighted by Gasteiger charge is 2.10. The first-order valence-electron chi connectivity index (χ1n) is 6.94. The number of aromatic nitrogens is 2. The molecule has 0 bridgehead atoms. The number of nitrogens with one attached hydrogen (secondary N) is 1. The lowest BCUT2D eigenvalue weighted by Crippen LogP contribution is -3.06. The highest BCUT2D eigenvalue weighted by atomic mass is 16.3. The van der Waals surface area contributed by atoms with Gasteiger partial charge in [-0.25, -0.2) is 4.98 Å². The fourth-order valence-electron chi connectivity index (χ4n) is 2.43. The van der Waals surface area contributed by atoms with Crippen molar-refractivity contribution in [3.05, 3.63) is 70.2 Å². The highest BCUT2D eigenvalue weighted by Crippen LogP contribution is 2.02. The maximum atomic E-state index is 12.1. The monoisotopic (exact) mass is 284 g/mol. The minimum Gasteiger partial charge on any atom is -0.463 e. The normalized spacial score (nSPS) is 12.7. The van der Waals surface area contributed by atoms with Gasteiger partial charge < -0.3 is 9.32 Å². The molecular formula is C16H18N3O2+. The third kappa shape index (κ3) is 3.03. The Kier molecular flexibility index (Phi) is 3.58. The van der Waals surface area contributed by atoms with Gasteiger partial charge in [0.15, 0.2) is 5.76 Å². The average molecular weight is 284 g/mol. The lowest BCUT2D eigenvalue weighted by atomic mass is 10.3. The minimum absolute atomic E-state index is 0.0375. The Bertz CT molecular complexity index is 806. The molecule has 0 fully saturated rings. The smallest absolute Gasteiger partial charge is 0.258 e. The van der Waals surface area contributed by atoms with E-state index in [1.165, 1.54) is 4.90 Å². The summed E-state index contributed by atoms with van der Waals surface area (Å²) in [6.07, 6.45) is 3.49. The second-order valence-corrected chi connectivity index (χ2v) is 5.41. The van der Waals surface area contributed by atoms with E-state index < -0.39 is 0 Å². The van der Waals surface area contributed by atoms with Crippen LogP contribution in [0.5, 0.6) is 0 Å². The molecule has 5 heteroatoms. The highest BCUT2D eigenvalue weighted by molar-refractivity contribution is 5.39. The number of hydrogen-bond acceptors (Lipinski definition) is 3. The first-order chi connectivity index (χ1) is 10.1. The van der Waals surface area contributed by atoms with Crippen molar-refractivity contribution < 1.29 is 9.32 Å². The zero-order valence-corrected chi connectivity index (χ0v) is 12.2. The number of nitrogens with zero attached hydrogens (tertiary/aromatic N) is 2. The van der Waals surface area contributed by atoms with Crippen LogP contribution in [-0.4, -0.2) is 16.4 Å². The molecule has 3 heterocycles. The van der Waals surface area contributed by atoms with Crippen molar-refractivity contribution in [3.8, 4) is 0 Å². The van der Waals surface area contributed by atoms with Crippen LogP contribution in [-0.2, 0) is 13.1 Å². The van der Waals surface area contributed by atoms with Gasteiger partial charge in [-0.15, -0.1) is 0 Å². The van der Waals surface area contributed by atoms with E-state index in [-0.39, 0.29) is 5.56 Å². The van der Waals surface area contributed by atoms with Crippen molar-refractivity contribution >= 4 is 5.65 Å². The number of pyridine rings is 1. The summed E-state index contributed by atoms with van der Waals surface area (Å²) in [5.41, 5.74) is 2.49. The molecule has 5 nitrogen and oxygen atoms in total. The van der Waals surface area contributed by atoms with Crippen LogP contribution in [0.25, 0.3) is 5.65 Å². The van der Waals surface area contributed by atoms with Gasteiger partial charge in [-0.3, -0.25) is 9.20 Å². The van der Waals surface area contributed by atoms with E-state index in [2.05, 4.69) is 12.0 Å². The SMILES string of the molecule is Cc1ccc2nc(C[NH+](C)Cc3ccco3)cc(=O)n2c1. The molecule has 0 aromatic carbocycles. The van der Waals surface area contributed by atoms with E-state index in [0.717, 1.165) is 23.6 Å². The number of rotatable bonds is 4. The fourth-order valence-corrected chi connectivity index (χ4v) is 2.43. The summed E-state index contributed by atoms with van der Waals surface area (Å²) in [5, 5.41) is 0. The van der Waals surface area contributed by atoms with E-state index in [9.17, 15) is 4.79 Å². The van der Waals surface area contributed by atoms with Crippen LogP contribution in [0.1, 0.15) is 17.0 Å². The summed E-state index contributed by atoms with van der Waals surface area (Å²) in [4.78, 5) is 17.9. The minimum atomic E-state index is -0.0375. The van der Waals surface area contributed by atoms with Crippen molar-refractivity contribution in [3.63, 3.8) is 0 Å². The summed E-state index contributed by atoms with van der Waals surface area (Å²) >= 11 is 0. The van der Waals surface area contributed by atoms with Gasteiger partial charge >= 0.3 is 0 Å². The van der Waals surface area contributed by atoms with E-state index in [1.54, 1.807) is 16.7 Å². The first kappa shape index (κ1) is 13.6. The van der Waals surface area contributed by atoms with Gasteiger partial charge in [-0.1, -0.05) is 6.07 Å². The Labute approximate surface area is 122 Å². The molecule has 0 spiro atoms. The van der Waals surface area contributed by atoms with Crippen molar-refractivity contribution in [1.29, 1.82) is 0 Å². The topological polar surface area (TPSA) is 52.0 Å². The fraction of sp³-hybridized carbons (Fsp3) is 0.250. The van der Waals surface area contributed by atoms with Crippen molar-refractivity contribution in [2.45, 2.75) is 20.0 Å². The summed E-state index contributed by atoms with van der Waals surface area (Å²) in [5.74, 6) is 0.931. The van der Waals surface area contributed by atoms with Gasteiger partial charge in [0.25, 0.3) is 5.56 Å². The molecule has 21 heavy (non-hydrogen) atoms. The second kappa shape index (κ2) is 5.54. The molecule has 1 N–H and O–H groups in total. The maximum Gasteiger partial charge on any atom is 0.258 e. The Balaban J connectivity index is 1.84. The summed E-state index contributed by atoms with van der Waals surface area (Å²) in [6.45, 7) is 3.41. The number of quaternary nitrogens is 1. The Hall–Kier alpha value is -2.40. The average Bonchev–Trinajstić information content (AvgIpc) is 2.92. The van der Waals surface area contributed by atoms with Crippen molar-refractivity contribution in [1.82, 2.24) is 9.38 Å². The van der Waals surface area contributed by atoms with Crippen LogP contribution in [0, 0.1) is 6.92 Å². The molecule has 0 radical (unpaired) electrons. The predicted molar refractivity (Wildman–Crippen MR) is 79.2 cm³/mol. The van der Waals surface area contributed by atoms with Gasteiger partial charge in [0, 0.05) is 12.3 Å².